The fourth-order valence-electron chi connectivity index (χ4n) is 4.02. The van der Waals surface area contributed by atoms with Gasteiger partial charge in [0.25, 0.3) is 11.8 Å². The maximum absolute atomic E-state index is 13.2. The average Bonchev–Trinajstić information content (AvgIpc) is 3.31. The van der Waals surface area contributed by atoms with Gasteiger partial charge in [-0.2, -0.15) is 0 Å². The highest BCUT2D eigenvalue weighted by atomic mass is 16.5. The molecule has 0 bridgehead atoms. The summed E-state index contributed by atoms with van der Waals surface area (Å²) in [4.78, 5) is 65.9. The van der Waals surface area contributed by atoms with Gasteiger partial charge < -0.3 is 19.1 Å². The number of urea groups is 1. The Balaban J connectivity index is 1.83. The van der Waals surface area contributed by atoms with E-state index in [1.807, 2.05) is 30.0 Å². The molecule has 1 saturated heterocycles. The smallest absolute Gasteiger partial charge is 0.334 e. The van der Waals surface area contributed by atoms with E-state index in [0.29, 0.717) is 37.4 Å². The highest BCUT2D eigenvalue weighted by Gasteiger charge is 2.41. The van der Waals surface area contributed by atoms with Gasteiger partial charge in [-0.1, -0.05) is 38.6 Å². The molecule has 0 aromatic heterocycles. The number of esters is 2. The van der Waals surface area contributed by atoms with Gasteiger partial charge in [-0.25, -0.2) is 14.4 Å². The van der Waals surface area contributed by atoms with Crippen LogP contribution in [0.3, 0.4) is 0 Å². The first kappa shape index (κ1) is 29.9. The number of fused-ring (bicyclic) bond motifs is 1. The first-order chi connectivity index (χ1) is 19.3. The van der Waals surface area contributed by atoms with Crippen molar-refractivity contribution in [2.24, 2.45) is 0 Å². The summed E-state index contributed by atoms with van der Waals surface area (Å²) in [6.45, 7) is 9.06. The molecule has 2 aliphatic rings. The minimum absolute atomic E-state index is 0.142. The van der Waals surface area contributed by atoms with Crippen molar-refractivity contribution in [3.05, 3.63) is 73.2 Å². The fraction of sp³-hybridized carbons (Fsp3) is 0.345. The van der Waals surface area contributed by atoms with E-state index in [9.17, 15) is 24.0 Å². The average molecular weight is 552 g/mol. The normalized spacial score (nSPS) is 16.7. The van der Waals surface area contributed by atoms with Crippen LogP contribution in [0, 0.1) is 0 Å². The van der Waals surface area contributed by atoms with Crippen LogP contribution in [-0.4, -0.2) is 72.4 Å². The number of unbranched alkanes of at least 4 members (excludes halogenated alkanes) is 2. The Hall–Kier alpha value is -4.67. The number of para-hydroxylation sites is 2. The zero-order valence-corrected chi connectivity index (χ0v) is 22.5. The summed E-state index contributed by atoms with van der Waals surface area (Å²) in [5, 5.41) is 0. The lowest BCUT2D eigenvalue weighted by atomic mass is 10.1. The minimum Gasteiger partial charge on any atom is -0.463 e. The molecule has 1 aromatic rings. The molecule has 212 valence electrons. The molecule has 3 rings (SSSR count). The quantitative estimate of drug-likeness (QED) is 0.148. The molecule has 40 heavy (non-hydrogen) atoms. The van der Waals surface area contributed by atoms with Gasteiger partial charge in [0.05, 0.1) is 18.8 Å². The number of amides is 4. The van der Waals surface area contributed by atoms with Crippen LogP contribution in [0.25, 0.3) is 0 Å². The summed E-state index contributed by atoms with van der Waals surface area (Å²) in [6, 6.07) is 6.62. The number of hydrogen-bond donors (Lipinski definition) is 0. The Labute approximate surface area is 232 Å². The lowest BCUT2D eigenvalue weighted by Crippen LogP contribution is -2.57. The van der Waals surface area contributed by atoms with Crippen LogP contribution in [0.5, 0.6) is 5.75 Å². The first-order valence-corrected chi connectivity index (χ1v) is 13.0. The number of allylic oxidation sites excluding steroid dienone is 2. The summed E-state index contributed by atoms with van der Waals surface area (Å²) in [5.41, 5.74) is 0.594. The molecule has 0 spiro atoms. The number of barbiturate groups is 1. The third-order valence-electron chi connectivity index (χ3n) is 6.09. The molecule has 0 aliphatic carbocycles. The van der Waals surface area contributed by atoms with Crippen LogP contribution >= 0.6 is 0 Å². The van der Waals surface area contributed by atoms with Crippen molar-refractivity contribution in [3.8, 4) is 5.75 Å². The second kappa shape index (κ2) is 14.5. The van der Waals surface area contributed by atoms with Crippen molar-refractivity contribution < 1.29 is 38.2 Å². The largest absolute Gasteiger partial charge is 0.463 e. The third kappa shape index (κ3) is 7.25. The Bertz CT molecular complexity index is 1240. The van der Waals surface area contributed by atoms with Gasteiger partial charge in [-0.3, -0.25) is 19.4 Å². The van der Waals surface area contributed by atoms with Gasteiger partial charge >= 0.3 is 18.0 Å². The second-order valence-corrected chi connectivity index (χ2v) is 8.81. The van der Waals surface area contributed by atoms with Crippen LogP contribution in [0.2, 0.25) is 0 Å². The summed E-state index contributed by atoms with van der Waals surface area (Å²) in [6.07, 6.45) is 7.51. The number of hydrogen-bond acceptors (Lipinski definition) is 9. The van der Waals surface area contributed by atoms with Gasteiger partial charge in [-0.05, 0) is 43.5 Å². The predicted molar refractivity (Wildman–Crippen MR) is 146 cm³/mol. The highest BCUT2D eigenvalue weighted by molar-refractivity contribution is 6.28. The monoisotopic (exact) mass is 551 g/mol. The standard InChI is InChI=1S/C29H33N3O8/c1-4-7-16-31-27(35)21(28(36)32(29(31)37)18-20-39-26(34)6-3)14-15-24-30(17-10-11-19-38-25(33)5-2)22-12-8-9-13-23(22)40-24/h5-6,8-9,12-15H,2-4,7,10-11,16-20H2,1H3. The van der Waals surface area contributed by atoms with E-state index in [4.69, 9.17) is 14.2 Å². The topological polar surface area (TPSA) is 123 Å². The van der Waals surface area contributed by atoms with Gasteiger partial charge in [0.15, 0.2) is 5.75 Å². The zero-order valence-electron chi connectivity index (χ0n) is 22.5. The van der Waals surface area contributed by atoms with Crippen LogP contribution in [0.4, 0.5) is 10.5 Å². The minimum atomic E-state index is -0.791. The number of benzene rings is 1. The number of anilines is 1. The summed E-state index contributed by atoms with van der Waals surface area (Å²) >= 11 is 0. The molecule has 0 saturated carbocycles. The summed E-state index contributed by atoms with van der Waals surface area (Å²) < 4.78 is 16.0. The van der Waals surface area contributed by atoms with E-state index >= 15 is 0 Å². The second-order valence-electron chi connectivity index (χ2n) is 8.81. The van der Waals surface area contributed by atoms with Crippen molar-refractivity contribution in [2.45, 2.75) is 32.6 Å². The number of imide groups is 2. The predicted octanol–water partition coefficient (Wildman–Crippen LogP) is 3.48. The van der Waals surface area contributed by atoms with Crippen molar-refractivity contribution in [1.29, 1.82) is 0 Å². The molecule has 0 unspecified atom stereocenters. The fourth-order valence-corrected chi connectivity index (χ4v) is 4.02. The molecule has 1 aromatic carbocycles. The summed E-state index contributed by atoms with van der Waals surface area (Å²) in [5.74, 6) is -1.67. The van der Waals surface area contributed by atoms with E-state index < -0.39 is 29.8 Å². The number of rotatable bonds is 14. The maximum atomic E-state index is 13.2. The van der Waals surface area contributed by atoms with E-state index in [2.05, 4.69) is 13.2 Å². The van der Waals surface area contributed by atoms with Crippen molar-refractivity contribution >= 4 is 35.5 Å². The Morgan fingerprint density at radius 1 is 0.825 bits per heavy atom. The van der Waals surface area contributed by atoms with Crippen LogP contribution in [-0.2, 0) is 28.7 Å². The lowest BCUT2D eigenvalue weighted by Gasteiger charge is -2.33. The van der Waals surface area contributed by atoms with E-state index in [1.54, 1.807) is 6.07 Å². The lowest BCUT2D eigenvalue weighted by molar-refractivity contribution is -0.142. The molecular formula is C29H33N3O8. The van der Waals surface area contributed by atoms with Gasteiger partial charge in [-0.15, -0.1) is 0 Å². The van der Waals surface area contributed by atoms with Gasteiger partial charge in [0.2, 0.25) is 5.88 Å². The molecule has 2 heterocycles. The van der Waals surface area contributed by atoms with Crippen LogP contribution < -0.4 is 9.64 Å². The van der Waals surface area contributed by atoms with Crippen molar-refractivity contribution in [1.82, 2.24) is 9.80 Å². The maximum Gasteiger partial charge on any atom is 0.334 e. The van der Waals surface area contributed by atoms with Crippen molar-refractivity contribution in [3.63, 3.8) is 0 Å². The van der Waals surface area contributed by atoms with E-state index in [1.165, 1.54) is 12.2 Å². The SMILES string of the molecule is C=CC(=O)OCCCCN1C(=CC=C2C(=O)N(CCCC)C(=O)N(CCOC(=O)C=C)C2=O)Oc2ccccc21. The molecule has 0 atom stereocenters. The first-order valence-electron chi connectivity index (χ1n) is 13.0. The number of carbonyl (C=O) groups is 5. The Morgan fingerprint density at radius 2 is 1.45 bits per heavy atom. The van der Waals surface area contributed by atoms with E-state index in [0.717, 1.165) is 34.1 Å². The molecule has 0 N–H and O–H groups in total. The molecule has 0 radical (unpaired) electrons. The van der Waals surface area contributed by atoms with Crippen LogP contribution in [0.1, 0.15) is 32.6 Å². The molecule has 2 aliphatic heterocycles. The number of ether oxygens (including phenoxy) is 3. The molecule has 11 heteroatoms. The molecule has 11 nitrogen and oxygen atoms in total. The zero-order chi connectivity index (χ0) is 29.1. The summed E-state index contributed by atoms with van der Waals surface area (Å²) in [7, 11) is 0. The van der Waals surface area contributed by atoms with Crippen LogP contribution in [0.15, 0.2) is 73.2 Å². The third-order valence-corrected chi connectivity index (χ3v) is 6.09. The highest BCUT2D eigenvalue weighted by Crippen LogP contribution is 2.38. The van der Waals surface area contributed by atoms with Gasteiger partial charge in [0.1, 0.15) is 12.2 Å². The van der Waals surface area contributed by atoms with Gasteiger partial charge in [0, 0.05) is 25.2 Å². The molecular weight excluding hydrogens is 518 g/mol. The van der Waals surface area contributed by atoms with E-state index in [-0.39, 0.29) is 31.9 Å². The Kier molecular flexibility index (Phi) is 10.8. The molecule has 1 fully saturated rings. The molecule has 4 amide bonds. The Morgan fingerprint density at radius 3 is 2.12 bits per heavy atom. The number of carbonyl (C=O) groups excluding carboxylic acids is 5. The number of nitrogens with zero attached hydrogens (tertiary/aromatic N) is 3. The van der Waals surface area contributed by atoms with Crippen molar-refractivity contribution in [2.75, 3.05) is 37.7 Å².